The molecule has 2 N–H and O–H groups in total. The van der Waals surface area contributed by atoms with Crippen LogP contribution in [0.15, 0.2) is 4.42 Å². The Morgan fingerprint density at radius 3 is 2.72 bits per heavy atom. The fourth-order valence-electron chi connectivity index (χ4n) is 1.46. The molecule has 0 saturated carbocycles. The monoisotopic (exact) mass is 276 g/mol. The van der Waals surface area contributed by atoms with Gasteiger partial charge in [0.05, 0.1) is 12.3 Å². The summed E-state index contributed by atoms with van der Waals surface area (Å²) < 4.78 is 27.5. The van der Waals surface area contributed by atoms with E-state index < -0.39 is 9.84 Å². The van der Waals surface area contributed by atoms with E-state index in [1.807, 2.05) is 0 Å². The molecule has 104 valence electrons. The standard InChI is InChI=1S/C10H20N4O3S/c1-4-5-11-6-9-13-14-10(17-9)12-8(2)7-18(3,15)16/h8,11H,4-7H2,1-3H3,(H,12,14). The third kappa shape index (κ3) is 5.97. The van der Waals surface area contributed by atoms with E-state index in [9.17, 15) is 8.42 Å². The van der Waals surface area contributed by atoms with Gasteiger partial charge in [-0.3, -0.25) is 0 Å². The van der Waals surface area contributed by atoms with Crippen molar-refractivity contribution in [3.63, 3.8) is 0 Å². The van der Waals surface area contributed by atoms with Crippen LogP contribution in [-0.2, 0) is 16.4 Å². The van der Waals surface area contributed by atoms with Crippen LogP contribution in [0, 0.1) is 0 Å². The van der Waals surface area contributed by atoms with E-state index >= 15 is 0 Å². The summed E-state index contributed by atoms with van der Waals surface area (Å²) in [5.41, 5.74) is 0. The Balaban J connectivity index is 2.43. The maximum absolute atomic E-state index is 11.1. The zero-order valence-electron chi connectivity index (χ0n) is 10.9. The molecule has 0 aliphatic heterocycles. The third-order valence-corrected chi connectivity index (χ3v) is 3.20. The summed E-state index contributed by atoms with van der Waals surface area (Å²) in [6, 6.07) is -0.0173. The number of aromatic nitrogens is 2. The Labute approximate surface area is 107 Å². The normalized spacial score (nSPS) is 13.5. The molecule has 7 nitrogen and oxygen atoms in total. The molecule has 0 aliphatic rings. The van der Waals surface area contributed by atoms with Crippen molar-refractivity contribution in [1.82, 2.24) is 15.5 Å². The minimum absolute atomic E-state index is 0.0266. The fourth-order valence-corrected chi connectivity index (χ4v) is 2.45. The number of hydrogen-bond donors (Lipinski definition) is 2. The van der Waals surface area contributed by atoms with Gasteiger partial charge in [-0.2, -0.15) is 0 Å². The van der Waals surface area contributed by atoms with Crippen LogP contribution in [0.2, 0.25) is 0 Å². The molecule has 0 saturated heterocycles. The van der Waals surface area contributed by atoms with Gasteiger partial charge < -0.3 is 15.1 Å². The number of rotatable bonds is 8. The summed E-state index contributed by atoms with van der Waals surface area (Å²) in [7, 11) is -3.02. The Hall–Kier alpha value is -1.15. The smallest absolute Gasteiger partial charge is 0.315 e. The summed E-state index contributed by atoms with van der Waals surface area (Å²) >= 11 is 0. The van der Waals surface area contributed by atoms with Gasteiger partial charge in [0, 0.05) is 12.3 Å². The van der Waals surface area contributed by atoms with E-state index in [4.69, 9.17) is 4.42 Å². The second-order valence-corrected chi connectivity index (χ2v) is 6.50. The second kappa shape index (κ2) is 6.69. The average molecular weight is 276 g/mol. The highest BCUT2D eigenvalue weighted by Crippen LogP contribution is 2.07. The van der Waals surface area contributed by atoms with Crippen molar-refractivity contribution in [2.45, 2.75) is 32.9 Å². The molecule has 1 unspecified atom stereocenters. The summed E-state index contributed by atoms with van der Waals surface area (Å²) in [5, 5.41) is 13.6. The molecule has 8 heteroatoms. The SMILES string of the molecule is CCCNCc1nnc(NC(C)CS(C)(=O)=O)o1. The number of nitrogens with one attached hydrogen (secondary N) is 2. The first-order valence-electron chi connectivity index (χ1n) is 5.88. The molecule has 0 radical (unpaired) electrons. The van der Waals surface area contributed by atoms with Crippen molar-refractivity contribution < 1.29 is 12.8 Å². The van der Waals surface area contributed by atoms with Crippen molar-refractivity contribution in [2.24, 2.45) is 0 Å². The maximum Gasteiger partial charge on any atom is 0.315 e. The number of hydrogen-bond acceptors (Lipinski definition) is 7. The van der Waals surface area contributed by atoms with Crippen molar-refractivity contribution >= 4 is 15.9 Å². The molecule has 18 heavy (non-hydrogen) atoms. The summed E-state index contributed by atoms with van der Waals surface area (Å²) in [5.74, 6) is 0.510. The van der Waals surface area contributed by atoms with Gasteiger partial charge in [0.1, 0.15) is 9.84 Å². The Bertz CT molecular complexity index is 457. The van der Waals surface area contributed by atoms with Crippen LogP contribution in [0.1, 0.15) is 26.2 Å². The van der Waals surface area contributed by atoms with Gasteiger partial charge in [-0.25, -0.2) is 8.42 Å². The lowest BCUT2D eigenvalue weighted by Crippen LogP contribution is -2.25. The first-order valence-corrected chi connectivity index (χ1v) is 7.94. The molecule has 0 amide bonds. The van der Waals surface area contributed by atoms with Crippen molar-refractivity contribution in [3.05, 3.63) is 5.89 Å². The van der Waals surface area contributed by atoms with Crippen LogP contribution in [0.25, 0.3) is 0 Å². The molecule has 1 aromatic rings. The summed E-state index contributed by atoms with van der Waals surface area (Å²) in [6.07, 6.45) is 2.23. The minimum Gasteiger partial charge on any atom is -0.407 e. The van der Waals surface area contributed by atoms with E-state index in [0.29, 0.717) is 12.4 Å². The molecule has 1 rings (SSSR count). The third-order valence-electron chi connectivity index (χ3n) is 2.09. The average Bonchev–Trinajstić information content (AvgIpc) is 2.63. The van der Waals surface area contributed by atoms with Crippen molar-refractivity contribution in [3.8, 4) is 0 Å². The van der Waals surface area contributed by atoms with E-state index in [2.05, 4.69) is 27.8 Å². The van der Waals surface area contributed by atoms with Gasteiger partial charge >= 0.3 is 6.01 Å². The van der Waals surface area contributed by atoms with Gasteiger partial charge in [0.25, 0.3) is 0 Å². The minimum atomic E-state index is -3.02. The van der Waals surface area contributed by atoms with E-state index in [1.54, 1.807) is 6.92 Å². The van der Waals surface area contributed by atoms with Crippen molar-refractivity contribution in [1.29, 1.82) is 0 Å². The van der Waals surface area contributed by atoms with E-state index in [-0.39, 0.29) is 17.8 Å². The molecule has 0 fully saturated rings. The predicted molar refractivity (Wildman–Crippen MR) is 69.1 cm³/mol. The molecule has 0 spiro atoms. The summed E-state index contributed by atoms with van der Waals surface area (Å²) in [4.78, 5) is 0. The van der Waals surface area contributed by atoms with Gasteiger partial charge in [-0.1, -0.05) is 12.0 Å². The first-order chi connectivity index (χ1) is 8.40. The van der Waals surface area contributed by atoms with Crippen LogP contribution in [-0.4, -0.2) is 43.2 Å². The lowest BCUT2D eigenvalue weighted by atomic mass is 10.4. The van der Waals surface area contributed by atoms with Crippen molar-refractivity contribution in [2.75, 3.05) is 23.9 Å². The van der Waals surface area contributed by atoms with Crippen LogP contribution in [0.5, 0.6) is 0 Å². The fraction of sp³-hybridized carbons (Fsp3) is 0.800. The van der Waals surface area contributed by atoms with Gasteiger partial charge in [-0.15, -0.1) is 5.10 Å². The highest BCUT2D eigenvalue weighted by molar-refractivity contribution is 7.90. The lowest BCUT2D eigenvalue weighted by molar-refractivity contribution is 0.474. The molecule has 0 aromatic carbocycles. The molecular formula is C10H20N4O3S. The Morgan fingerprint density at radius 2 is 2.11 bits per heavy atom. The van der Waals surface area contributed by atoms with Crippen LogP contribution < -0.4 is 10.6 Å². The molecule has 1 heterocycles. The van der Waals surface area contributed by atoms with Gasteiger partial charge in [-0.05, 0) is 19.9 Å². The van der Waals surface area contributed by atoms with Gasteiger partial charge in [0.2, 0.25) is 5.89 Å². The highest BCUT2D eigenvalue weighted by atomic mass is 32.2. The second-order valence-electron chi connectivity index (χ2n) is 4.32. The maximum atomic E-state index is 11.1. The quantitative estimate of drug-likeness (QED) is 0.664. The molecule has 0 bridgehead atoms. The van der Waals surface area contributed by atoms with Crippen LogP contribution in [0.3, 0.4) is 0 Å². The van der Waals surface area contributed by atoms with Gasteiger partial charge in [0.15, 0.2) is 0 Å². The first kappa shape index (κ1) is 14.9. The summed E-state index contributed by atoms with van der Waals surface area (Å²) in [6.45, 7) is 5.22. The molecule has 1 aromatic heterocycles. The van der Waals surface area contributed by atoms with Crippen LogP contribution >= 0.6 is 0 Å². The number of anilines is 1. The number of sulfone groups is 1. The largest absolute Gasteiger partial charge is 0.407 e. The topological polar surface area (TPSA) is 97.1 Å². The Morgan fingerprint density at radius 1 is 1.39 bits per heavy atom. The molecule has 1 atom stereocenters. The lowest BCUT2D eigenvalue weighted by Gasteiger charge is -2.09. The molecular weight excluding hydrogens is 256 g/mol. The van der Waals surface area contributed by atoms with Crippen LogP contribution in [0.4, 0.5) is 6.01 Å². The number of nitrogens with zero attached hydrogens (tertiary/aromatic N) is 2. The zero-order valence-corrected chi connectivity index (χ0v) is 11.7. The zero-order chi connectivity index (χ0) is 13.6. The van der Waals surface area contributed by atoms with E-state index in [0.717, 1.165) is 13.0 Å². The van der Waals surface area contributed by atoms with E-state index in [1.165, 1.54) is 6.26 Å². The Kier molecular flexibility index (Phi) is 5.54. The highest BCUT2D eigenvalue weighted by Gasteiger charge is 2.13. The molecule has 0 aliphatic carbocycles. The predicted octanol–water partition coefficient (Wildman–Crippen LogP) is 0.414.